The first kappa shape index (κ1) is 19.6. The normalized spacial score (nSPS) is 14.5. The maximum absolute atomic E-state index is 13.2. The Morgan fingerprint density at radius 1 is 1.23 bits per heavy atom. The molecule has 3 heterocycles. The van der Waals surface area contributed by atoms with Crippen LogP contribution in [0.4, 0.5) is 5.82 Å². The predicted molar refractivity (Wildman–Crippen MR) is 115 cm³/mol. The van der Waals surface area contributed by atoms with Crippen LogP contribution < -0.4 is 5.32 Å². The van der Waals surface area contributed by atoms with E-state index in [1.54, 1.807) is 19.3 Å². The lowest BCUT2D eigenvalue weighted by Gasteiger charge is -2.16. The van der Waals surface area contributed by atoms with Crippen molar-refractivity contribution in [1.82, 2.24) is 19.9 Å². The largest absolute Gasteiger partial charge is 0.467 e. The van der Waals surface area contributed by atoms with Crippen molar-refractivity contribution in [2.75, 3.05) is 5.32 Å². The summed E-state index contributed by atoms with van der Waals surface area (Å²) in [7, 11) is 0. The van der Waals surface area contributed by atoms with E-state index < -0.39 is 5.25 Å². The number of thioether (sulfide) groups is 1. The zero-order valence-corrected chi connectivity index (χ0v) is 17.7. The molecule has 1 aromatic carbocycles. The number of nitrogens with one attached hydrogen (secondary N) is 1. The number of nitrogens with zero attached hydrogens (tertiary/aromatic N) is 4. The van der Waals surface area contributed by atoms with Crippen LogP contribution in [0.5, 0.6) is 0 Å². The van der Waals surface area contributed by atoms with Gasteiger partial charge in [0.1, 0.15) is 22.6 Å². The van der Waals surface area contributed by atoms with Gasteiger partial charge < -0.3 is 14.3 Å². The van der Waals surface area contributed by atoms with Crippen LogP contribution in [0.25, 0.3) is 0 Å². The minimum absolute atomic E-state index is 0.204. The van der Waals surface area contributed by atoms with Crippen molar-refractivity contribution in [3.05, 3.63) is 77.7 Å². The van der Waals surface area contributed by atoms with Crippen molar-refractivity contribution in [3.63, 3.8) is 0 Å². The summed E-state index contributed by atoms with van der Waals surface area (Å²) in [5.74, 6) is 3.00. The highest BCUT2D eigenvalue weighted by molar-refractivity contribution is 8.00. The van der Waals surface area contributed by atoms with Gasteiger partial charge in [0.25, 0.3) is 0 Å². The van der Waals surface area contributed by atoms with Gasteiger partial charge in [-0.25, -0.2) is 0 Å². The number of hydrogen-bond acceptors (Lipinski definition) is 7. The molecule has 1 saturated carbocycles. The Morgan fingerprint density at radius 2 is 2.06 bits per heavy atom. The zero-order valence-electron chi connectivity index (χ0n) is 16.9. The molecule has 1 aliphatic carbocycles. The first-order valence-corrected chi connectivity index (χ1v) is 11.0. The number of amides is 1. The van der Waals surface area contributed by atoms with Gasteiger partial charge in [0.2, 0.25) is 5.91 Å². The molecule has 8 nitrogen and oxygen atoms in total. The maximum Gasteiger partial charge on any atom is 0.243 e. The molecule has 4 aromatic rings. The van der Waals surface area contributed by atoms with Gasteiger partial charge >= 0.3 is 0 Å². The third-order valence-corrected chi connectivity index (χ3v) is 6.26. The minimum Gasteiger partial charge on any atom is -0.467 e. The lowest BCUT2D eigenvalue weighted by atomic mass is 10.1. The molecule has 5 rings (SSSR count). The van der Waals surface area contributed by atoms with Gasteiger partial charge in [-0.2, -0.15) is 0 Å². The Kier molecular flexibility index (Phi) is 5.33. The van der Waals surface area contributed by atoms with Crippen LogP contribution in [0.3, 0.4) is 0 Å². The second-order valence-electron chi connectivity index (χ2n) is 7.50. The van der Waals surface area contributed by atoms with Gasteiger partial charge in [-0.3, -0.25) is 9.36 Å². The third kappa shape index (κ3) is 4.41. The fourth-order valence-electron chi connectivity index (χ4n) is 3.36. The molecule has 0 bridgehead atoms. The van der Waals surface area contributed by atoms with Gasteiger partial charge in [-0.1, -0.05) is 47.3 Å². The molecule has 0 spiro atoms. The molecule has 158 valence electrons. The molecular formula is C22H21N5O3S. The Balaban J connectivity index is 1.46. The fraction of sp³-hybridized carbons (Fsp3) is 0.273. The summed E-state index contributed by atoms with van der Waals surface area (Å²) in [6.07, 6.45) is 3.87. The molecule has 1 aliphatic rings. The number of anilines is 1. The SMILES string of the molecule is Cc1cc(NC(=O)C(Sc2nnc(C3CC3)n2Cc2ccco2)c2ccccc2)no1. The lowest BCUT2D eigenvalue weighted by Crippen LogP contribution is -2.20. The van der Waals surface area contributed by atoms with Crippen molar-refractivity contribution in [2.24, 2.45) is 0 Å². The Bertz CT molecular complexity index is 1170. The number of carbonyl (C=O) groups is 1. The Hall–Kier alpha value is -3.33. The Labute approximate surface area is 183 Å². The van der Waals surface area contributed by atoms with Crippen LogP contribution in [0.2, 0.25) is 0 Å². The number of rotatable bonds is 8. The highest BCUT2D eigenvalue weighted by Gasteiger charge is 2.32. The molecule has 1 amide bonds. The van der Waals surface area contributed by atoms with E-state index in [9.17, 15) is 4.79 Å². The van der Waals surface area contributed by atoms with Crippen molar-refractivity contribution < 1.29 is 13.7 Å². The van der Waals surface area contributed by atoms with E-state index in [4.69, 9.17) is 8.94 Å². The molecule has 0 saturated heterocycles. The number of carbonyl (C=O) groups excluding carboxylic acids is 1. The second-order valence-corrected chi connectivity index (χ2v) is 8.57. The highest BCUT2D eigenvalue weighted by atomic mass is 32.2. The summed E-state index contributed by atoms with van der Waals surface area (Å²) >= 11 is 1.37. The molecule has 1 atom stereocenters. The molecule has 1 fully saturated rings. The number of benzene rings is 1. The minimum atomic E-state index is -0.537. The van der Waals surface area contributed by atoms with Crippen LogP contribution in [-0.2, 0) is 11.3 Å². The number of furan rings is 1. The van der Waals surface area contributed by atoms with Crippen LogP contribution >= 0.6 is 11.8 Å². The first-order valence-electron chi connectivity index (χ1n) is 10.1. The second kappa shape index (κ2) is 8.43. The summed E-state index contributed by atoms with van der Waals surface area (Å²) in [5.41, 5.74) is 0.866. The average molecular weight is 436 g/mol. The van der Waals surface area contributed by atoms with Crippen LogP contribution in [0, 0.1) is 6.92 Å². The summed E-state index contributed by atoms with van der Waals surface area (Å²) in [5, 5.41) is 15.8. The Morgan fingerprint density at radius 3 is 2.74 bits per heavy atom. The molecule has 3 aromatic heterocycles. The van der Waals surface area contributed by atoms with E-state index >= 15 is 0 Å². The first-order chi connectivity index (χ1) is 15.2. The third-order valence-electron chi connectivity index (χ3n) is 5.02. The van der Waals surface area contributed by atoms with Crippen LogP contribution in [0.1, 0.15) is 46.9 Å². The maximum atomic E-state index is 13.2. The van der Waals surface area contributed by atoms with Crippen molar-refractivity contribution in [1.29, 1.82) is 0 Å². The fourth-order valence-corrected chi connectivity index (χ4v) is 4.40. The summed E-state index contributed by atoms with van der Waals surface area (Å²) in [6, 6.07) is 15.1. The summed E-state index contributed by atoms with van der Waals surface area (Å²) < 4.78 is 12.7. The molecule has 9 heteroatoms. The zero-order chi connectivity index (χ0) is 21.2. The topological polar surface area (TPSA) is 99.0 Å². The van der Waals surface area contributed by atoms with E-state index in [2.05, 4.69) is 25.2 Å². The monoisotopic (exact) mass is 435 g/mol. The van der Waals surface area contributed by atoms with E-state index in [0.29, 0.717) is 29.2 Å². The molecule has 1 unspecified atom stereocenters. The summed E-state index contributed by atoms with van der Waals surface area (Å²) in [4.78, 5) is 13.2. The van der Waals surface area contributed by atoms with E-state index in [1.165, 1.54) is 11.8 Å². The molecule has 1 N–H and O–H groups in total. The average Bonchev–Trinajstić information content (AvgIpc) is 3.14. The number of aromatic nitrogens is 4. The van der Waals surface area contributed by atoms with Crippen molar-refractivity contribution >= 4 is 23.5 Å². The summed E-state index contributed by atoms with van der Waals surface area (Å²) in [6.45, 7) is 2.31. The van der Waals surface area contributed by atoms with Gasteiger partial charge in [-0.05, 0) is 37.5 Å². The molecule has 0 radical (unpaired) electrons. The van der Waals surface area contributed by atoms with E-state index in [-0.39, 0.29) is 5.91 Å². The lowest BCUT2D eigenvalue weighted by molar-refractivity contribution is -0.115. The quantitative estimate of drug-likeness (QED) is 0.405. The van der Waals surface area contributed by atoms with Crippen LogP contribution in [0.15, 0.2) is 68.9 Å². The van der Waals surface area contributed by atoms with Crippen molar-refractivity contribution in [3.8, 4) is 0 Å². The van der Waals surface area contributed by atoms with Gasteiger partial charge in [-0.15, -0.1) is 10.2 Å². The number of hydrogen-bond donors (Lipinski definition) is 1. The van der Waals surface area contributed by atoms with Gasteiger partial charge in [0.15, 0.2) is 11.0 Å². The van der Waals surface area contributed by atoms with Crippen molar-refractivity contribution in [2.45, 2.75) is 42.6 Å². The molecule has 31 heavy (non-hydrogen) atoms. The van der Waals surface area contributed by atoms with Gasteiger partial charge in [0.05, 0.1) is 12.8 Å². The number of aryl methyl sites for hydroxylation is 1. The highest BCUT2D eigenvalue weighted by Crippen LogP contribution is 2.42. The standard InChI is InChI=1S/C22H21N5O3S/c1-14-12-18(26-30-14)23-21(28)19(15-6-3-2-4-7-15)31-22-25-24-20(16-9-10-16)27(22)13-17-8-5-11-29-17/h2-8,11-12,16,19H,9-10,13H2,1H3,(H,23,26,28). The molecular weight excluding hydrogens is 414 g/mol. The van der Waals surface area contributed by atoms with Crippen LogP contribution in [-0.4, -0.2) is 25.8 Å². The van der Waals surface area contributed by atoms with E-state index in [0.717, 1.165) is 30.0 Å². The van der Waals surface area contributed by atoms with E-state index in [1.807, 2.05) is 42.5 Å². The predicted octanol–water partition coefficient (Wildman–Crippen LogP) is 4.57. The van der Waals surface area contributed by atoms with Gasteiger partial charge in [0, 0.05) is 12.0 Å². The smallest absolute Gasteiger partial charge is 0.243 e. The molecule has 0 aliphatic heterocycles.